The molecule has 0 saturated heterocycles. The molecule has 0 N–H and O–H groups in total. The van der Waals surface area contributed by atoms with Crippen molar-refractivity contribution in [3.63, 3.8) is 0 Å². The fraction of sp³-hybridized carbons (Fsp3) is 0.231. The molecule has 3 heterocycles. The van der Waals surface area contributed by atoms with Gasteiger partial charge >= 0.3 is 6.85 Å². The summed E-state index contributed by atoms with van der Waals surface area (Å²) in [5, 5.41) is 2.57. The van der Waals surface area contributed by atoms with Crippen molar-refractivity contribution in [2.24, 2.45) is 0 Å². The van der Waals surface area contributed by atoms with Crippen LogP contribution in [0.4, 0.5) is 45.5 Å². The van der Waals surface area contributed by atoms with E-state index in [1.807, 2.05) is 11.3 Å². The molecule has 1 aromatic heterocycles. The third-order valence-corrected chi connectivity index (χ3v) is 18.9. The van der Waals surface area contributed by atoms with Gasteiger partial charge in [0.05, 0.1) is 5.69 Å². The van der Waals surface area contributed by atoms with E-state index in [9.17, 15) is 0 Å². The standard InChI is InChI=1S/C78H76BN3S/c1-49-21-20-22-50(2)73(49)52-43-65-63-46-60(80(57-34-27-53(28-35-57)75(3,4)5)58-36-29-54(30-37-58)76(6,7)8)40-42-68(63)82(59-38-31-55(32-39-59)77(9,10)11)79-66-48-72-64(61-25-18-19-26-71(61)83-72)47-69(66)81(70(44-52)74(65)79)67-41-33-56(78(12,13)14)45-62(67)51-23-16-15-17-24-51/h15-48H,1-14H3. The lowest BCUT2D eigenvalue weighted by Gasteiger charge is -2.46. The Morgan fingerprint density at radius 3 is 1.52 bits per heavy atom. The van der Waals surface area contributed by atoms with Crippen LogP contribution in [0.1, 0.15) is 116 Å². The molecule has 2 aliphatic heterocycles. The van der Waals surface area contributed by atoms with Gasteiger partial charge in [-0.15, -0.1) is 11.3 Å². The van der Waals surface area contributed by atoms with Crippen LogP contribution in [-0.4, -0.2) is 6.85 Å². The summed E-state index contributed by atoms with van der Waals surface area (Å²) in [4.78, 5) is 7.82. The number of hydrogen-bond donors (Lipinski definition) is 0. The molecule has 0 atom stereocenters. The first-order valence-electron chi connectivity index (χ1n) is 29.8. The highest BCUT2D eigenvalue weighted by Gasteiger charge is 2.46. The maximum absolute atomic E-state index is 2.69. The Bertz CT molecular complexity index is 4230. The molecule has 2 aliphatic rings. The minimum absolute atomic E-state index is 0.0134. The number of benzene rings is 10. The van der Waals surface area contributed by atoms with E-state index in [0.29, 0.717) is 0 Å². The summed E-state index contributed by atoms with van der Waals surface area (Å²) in [7, 11) is 0. The van der Waals surface area contributed by atoms with Crippen LogP contribution in [0.15, 0.2) is 206 Å². The largest absolute Gasteiger partial charge is 0.376 e. The lowest BCUT2D eigenvalue weighted by Crippen LogP contribution is -2.61. The maximum Gasteiger partial charge on any atom is 0.333 e. The van der Waals surface area contributed by atoms with E-state index < -0.39 is 0 Å². The first-order valence-corrected chi connectivity index (χ1v) is 30.6. The van der Waals surface area contributed by atoms with E-state index in [-0.39, 0.29) is 28.5 Å². The van der Waals surface area contributed by atoms with Crippen LogP contribution in [-0.2, 0) is 21.7 Å². The summed E-state index contributed by atoms with van der Waals surface area (Å²) < 4.78 is 2.59. The van der Waals surface area contributed by atoms with Crippen molar-refractivity contribution in [1.82, 2.24) is 0 Å². The van der Waals surface area contributed by atoms with Gasteiger partial charge in [-0.1, -0.05) is 192 Å². The fourth-order valence-corrected chi connectivity index (χ4v) is 14.2. The predicted octanol–water partition coefficient (Wildman–Crippen LogP) is 21.4. The highest BCUT2D eigenvalue weighted by atomic mass is 32.1. The second kappa shape index (κ2) is 19.8. The molecule has 0 saturated carbocycles. The Kier molecular flexibility index (Phi) is 12.9. The van der Waals surface area contributed by atoms with Crippen LogP contribution in [0.5, 0.6) is 0 Å². The molecular formula is C78H76BN3S. The number of rotatable bonds is 7. The normalized spacial score (nSPS) is 13.3. The summed E-state index contributed by atoms with van der Waals surface area (Å²) in [5.41, 5.74) is 26.9. The Labute approximate surface area is 498 Å². The van der Waals surface area contributed by atoms with Crippen molar-refractivity contribution in [3.05, 3.63) is 240 Å². The van der Waals surface area contributed by atoms with Gasteiger partial charge in [0, 0.05) is 71.1 Å². The molecule has 0 aliphatic carbocycles. The minimum atomic E-state index is -0.188. The average molecular weight is 1100 g/mol. The average Bonchev–Trinajstić information content (AvgIpc) is 1.74. The van der Waals surface area contributed by atoms with Crippen molar-refractivity contribution < 1.29 is 0 Å². The molecule has 0 fully saturated rings. The highest BCUT2D eigenvalue weighted by molar-refractivity contribution is 7.26. The highest BCUT2D eigenvalue weighted by Crippen LogP contribution is 2.53. The van der Waals surface area contributed by atoms with Crippen LogP contribution in [0.25, 0.3) is 53.6 Å². The number of aryl methyl sites for hydroxylation is 2. The summed E-state index contributed by atoms with van der Waals surface area (Å²) in [6, 6.07) is 79.7. The number of nitrogens with zero attached hydrogens (tertiary/aromatic N) is 3. The van der Waals surface area contributed by atoms with Gasteiger partial charge in [0.1, 0.15) is 0 Å². The van der Waals surface area contributed by atoms with Crippen LogP contribution < -0.4 is 25.5 Å². The minimum Gasteiger partial charge on any atom is -0.376 e. The molecule has 0 amide bonds. The van der Waals surface area contributed by atoms with Crippen molar-refractivity contribution in [3.8, 4) is 33.4 Å². The predicted molar refractivity (Wildman–Crippen MR) is 363 cm³/mol. The molecule has 5 heteroatoms. The quantitative estimate of drug-likeness (QED) is 0.147. The molecule has 412 valence electrons. The van der Waals surface area contributed by atoms with Crippen molar-refractivity contribution >= 4 is 94.8 Å². The van der Waals surface area contributed by atoms with Gasteiger partial charge in [-0.05, 0) is 199 Å². The number of hydrogen-bond acceptors (Lipinski definition) is 4. The second-order valence-corrected chi connectivity index (χ2v) is 28.7. The maximum atomic E-state index is 2.69. The summed E-state index contributed by atoms with van der Waals surface area (Å²) in [6.07, 6.45) is 0. The fourth-order valence-electron chi connectivity index (χ4n) is 13.1. The zero-order chi connectivity index (χ0) is 58.1. The smallest absolute Gasteiger partial charge is 0.333 e. The molecule has 83 heavy (non-hydrogen) atoms. The van der Waals surface area contributed by atoms with E-state index in [0.717, 1.165) is 28.4 Å². The molecule has 11 aromatic rings. The van der Waals surface area contributed by atoms with E-state index in [2.05, 4.69) is 318 Å². The van der Waals surface area contributed by atoms with Gasteiger partial charge in [-0.3, -0.25) is 0 Å². The Balaban J connectivity index is 1.17. The van der Waals surface area contributed by atoms with Crippen LogP contribution in [0.3, 0.4) is 0 Å². The van der Waals surface area contributed by atoms with Gasteiger partial charge < -0.3 is 14.6 Å². The molecule has 0 radical (unpaired) electrons. The lowest BCUT2D eigenvalue weighted by atomic mass is 9.43. The van der Waals surface area contributed by atoms with Gasteiger partial charge in [0.2, 0.25) is 0 Å². The first-order chi connectivity index (χ1) is 39.5. The lowest BCUT2D eigenvalue weighted by molar-refractivity contribution is 0.590. The van der Waals surface area contributed by atoms with Crippen LogP contribution in [0, 0.1) is 13.8 Å². The van der Waals surface area contributed by atoms with E-state index in [1.54, 1.807) is 0 Å². The third-order valence-electron chi connectivity index (χ3n) is 17.7. The monoisotopic (exact) mass is 1100 g/mol. The summed E-state index contributed by atoms with van der Waals surface area (Å²) >= 11 is 1.90. The van der Waals surface area contributed by atoms with Crippen LogP contribution >= 0.6 is 11.3 Å². The first kappa shape index (κ1) is 54.2. The molecule has 3 nitrogen and oxygen atoms in total. The zero-order valence-electron chi connectivity index (χ0n) is 51.0. The SMILES string of the molecule is Cc1cccc(C)c1-c1cc2c3c(c1)N(c1ccc(C(C)(C)C)cc1-c1ccccc1)c1cc4c(cc1B3N(c1ccc(C(C)(C)C)cc1)c1ccc(N(c3ccc(C(C)(C)C)cc3)c3ccc(C(C)(C)C)cc3)cc1-2)sc1ccccc14. The summed E-state index contributed by atoms with van der Waals surface area (Å²) in [6.45, 7) is 32.1. The van der Waals surface area contributed by atoms with Gasteiger partial charge in [0.25, 0.3) is 0 Å². The van der Waals surface area contributed by atoms with Crippen molar-refractivity contribution in [2.75, 3.05) is 14.6 Å². The van der Waals surface area contributed by atoms with Crippen molar-refractivity contribution in [2.45, 2.75) is 119 Å². The van der Waals surface area contributed by atoms with E-state index in [1.165, 1.54) is 115 Å². The van der Waals surface area contributed by atoms with Gasteiger partial charge in [0.15, 0.2) is 0 Å². The topological polar surface area (TPSA) is 9.72 Å². The van der Waals surface area contributed by atoms with Gasteiger partial charge in [-0.2, -0.15) is 0 Å². The molecule has 0 spiro atoms. The molecule has 10 aromatic carbocycles. The van der Waals surface area contributed by atoms with E-state index in [4.69, 9.17) is 0 Å². The Hall–Kier alpha value is -8.12. The number of anilines is 8. The zero-order valence-corrected chi connectivity index (χ0v) is 51.8. The molecular weight excluding hydrogens is 1020 g/mol. The van der Waals surface area contributed by atoms with E-state index >= 15 is 0 Å². The Morgan fingerprint density at radius 2 is 0.916 bits per heavy atom. The third kappa shape index (κ3) is 9.46. The molecule has 13 rings (SSSR count). The molecule has 0 bridgehead atoms. The number of thiophene rings is 1. The van der Waals surface area contributed by atoms with Gasteiger partial charge in [-0.25, -0.2) is 0 Å². The second-order valence-electron chi connectivity index (χ2n) is 27.6. The summed E-state index contributed by atoms with van der Waals surface area (Å²) in [5.74, 6) is 0. The number of fused-ring (bicyclic) bond motifs is 7. The van der Waals surface area contributed by atoms with Crippen molar-refractivity contribution in [1.29, 1.82) is 0 Å². The Morgan fingerprint density at radius 1 is 0.373 bits per heavy atom. The van der Waals surface area contributed by atoms with Crippen LogP contribution in [0.2, 0.25) is 0 Å². The molecule has 0 unspecified atom stereocenters.